The van der Waals surface area contributed by atoms with Crippen molar-refractivity contribution in [3.8, 4) is 0 Å². The van der Waals surface area contributed by atoms with E-state index in [1.54, 1.807) is 0 Å². The van der Waals surface area contributed by atoms with Crippen LogP contribution in [0.2, 0.25) is 0 Å². The first-order chi connectivity index (χ1) is 35.0. The summed E-state index contributed by atoms with van der Waals surface area (Å²) in [7, 11) is 0. The van der Waals surface area contributed by atoms with Gasteiger partial charge in [-0.2, -0.15) is 0 Å². The van der Waals surface area contributed by atoms with Crippen molar-refractivity contribution in [1.82, 2.24) is 0 Å². The van der Waals surface area contributed by atoms with E-state index in [1.165, 1.54) is 218 Å². The molecule has 0 aliphatic carbocycles. The van der Waals surface area contributed by atoms with E-state index >= 15 is 0 Å². The number of esters is 3. The Kier molecular flexibility index (Phi) is 58.2. The molecule has 0 aromatic heterocycles. The maximum Gasteiger partial charge on any atom is 0.306 e. The lowest BCUT2D eigenvalue weighted by Gasteiger charge is -2.18. The van der Waals surface area contributed by atoms with Gasteiger partial charge in [-0.25, -0.2) is 0 Å². The SMILES string of the molecule is CCCCC/C=C\C/C=C\C/C=C\CCCCCCC(=O)OC[C@H](COC(=O)CCCCCCCCCCCCCCCCC)OC(=O)CCCCCCCCCCCCCCCCCCCCCCC. The van der Waals surface area contributed by atoms with Crippen molar-refractivity contribution in [2.24, 2.45) is 0 Å². The lowest BCUT2D eigenvalue weighted by molar-refractivity contribution is -0.167. The highest BCUT2D eigenvalue weighted by Gasteiger charge is 2.19. The summed E-state index contributed by atoms with van der Waals surface area (Å²) in [6, 6.07) is 0. The van der Waals surface area contributed by atoms with Crippen molar-refractivity contribution in [1.29, 1.82) is 0 Å². The molecule has 0 fully saturated rings. The molecule has 0 heterocycles. The third-order valence-corrected chi connectivity index (χ3v) is 14.1. The van der Waals surface area contributed by atoms with E-state index in [0.717, 1.165) is 83.5 Å². The van der Waals surface area contributed by atoms with E-state index in [0.29, 0.717) is 19.3 Å². The Morgan fingerprint density at radius 3 is 0.817 bits per heavy atom. The maximum atomic E-state index is 12.9. The molecule has 0 aromatic carbocycles. The number of allylic oxidation sites excluding steroid dienone is 6. The van der Waals surface area contributed by atoms with Gasteiger partial charge in [0.2, 0.25) is 0 Å². The summed E-state index contributed by atoms with van der Waals surface area (Å²) in [5, 5.41) is 0. The Morgan fingerprint density at radius 2 is 0.507 bits per heavy atom. The van der Waals surface area contributed by atoms with Gasteiger partial charge < -0.3 is 14.2 Å². The molecule has 416 valence electrons. The fraction of sp³-hybridized carbons (Fsp3) is 0.862. The van der Waals surface area contributed by atoms with Gasteiger partial charge in [0.1, 0.15) is 13.2 Å². The molecule has 0 aliphatic heterocycles. The van der Waals surface area contributed by atoms with Gasteiger partial charge in [0, 0.05) is 19.3 Å². The van der Waals surface area contributed by atoms with Crippen molar-refractivity contribution >= 4 is 17.9 Å². The zero-order valence-electron chi connectivity index (χ0n) is 47.8. The Labute approximate surface area is 442 Å². The van der Waals surface area contributed by atoms with Gasteiger partial charge >= 0.3 is 17.9 Å². The Hall–Kier alpha value is -2.37. The molecule has 0 unspecified atom stereocenters. The topological polar surface area (TPSA) is 78.9 Å². The molecule has 71 heavy (non-hydrogen) atoms. The van der Waals surface area contributed by atoms with Crippen LogP contribution in [0.15, 0.2) is 36.5 Å². The Bertz CT molecular complexity index is 1190. The standard InChI is InChI=1S/C65H120O6/c1-4-7-10-13-16-19-22-25-28-30-31-32-33-35-38-41-44-47-50-53-56-59-65(68)71-62(60-69-63(66)57-54-51-48-45-42-39-36-27-24-21-18-15-12-9-6-3)61-70-64(67)58-55-52-49-46-43-40-37-34-29-26-23-20-17-14-11-8-5-2/h17,20,26,29,37,40,62H,4-16,18-19,21-25,27-28,30-36,38-39,41-61H2,1-3H3/b20-17-,29-26-,40-37-/t62-/m0/s1. The second kappa shape index (κ2) is 60.2. The van der Waals surface area contributed by atoms with Crippen LogP contribution in [0.25, 0.3) is 0 Å². The lowest BCUT2D eigenvalue weighted by atomic mass is 10.0. The normalized spacial score (nSPS) is 12.2. The van der Waals surface area contributed by atoms with Crippen LogP contribution in [0, 0.1) is 0 Å². The van der Waals surface area contributed by atoms with Gasteiger partial charge in [-0.15, -0.1) is 0 Å². The minimum absolute atomic E-state index is 0.0740. The number of carbonyl (C=O) groups excluding carboxylic acids is 3. The molecule has 0 saturated carbocycles. The Morgan fingerprint density at radius 1 is 0.282 bits per heavy atom. The summed E-state index contributed by atoms with van der Waals surface area (Å²) in [5.41, 5.74) is 0. The number of rotatable bonds is 58. The van der Waals surface area contributed by atoms with Gasteiger partial charge in [0.25, 0.3) is 0 Å². The van der Waals surface area contributed by atoms with Crippen molar-refractivity contribution in [3.63, 3.8) is 0 Å². The molecule has 0 rings (SSSR count). The van der Waals surface area contributed by atoms with Gasteiger partial charge in [-0.3, -0.25) is 14.4 Å². The average molecular weight is 998 g/mol. The van der Waals surface area contributed by atoms with E-state index in [4.69, 9.17) is 14.2 Å². The molecule has 6 heteroatoms. The summed E-state index contributed by atoms with van der Waals surface area (Å²) in [6.45, 7) is 6.66. The first-order valence-electron chi connectivity index (χ1n) is 31.5. The first kappa shape index (κ1) is 68.6. The molecule has 0 bridgehead atoms. The third-order valence-electron chi connectivity index (χ3n) is 14.1. The van der Waals surface area contributed by atoms with Crippen LogP contribution in [0.1, 0.15) is 342 Å². The van der Waals surface area contributed by atoms with Crippen molar-refractivity contribution in [2.75, 3.05) is 13.2 Å². The molecule has 0 N–H and O–H groups in total. The molecule has 0 aliphatic rings. The fourth-order valence-electron chi connectivity index (χ4n) is 9.39. The minimum Gasteiger partial charge on any atom is -0.462 e. The summed E-state index contributed by atoms with van der Waals surface area (Å²) in [6.07, 6.45) is 72.9. The van der Waals surface area contributed by atoms with Crippen LogP contribution in [-0.4, -0.2) is 37.2 Å². The number of ether oxygens (including phenoxy) is 3. The van der Waals surface area contributed by atoms with Crippen molar-refractivity contribution in [3.05, 3.63) is 36.5 Å². The molecule has 0 amide bonds. The molecule has 0 spiro atoms. The van der Waals surface area contributed by atoms with E-state index in [-0.39, 0.29) is 31.1 Å². The van der Waals surface area contributed by atoms with Crippen LogP contribution in [0.5, 0.6) is 0 Å². The monoisotopic (exact) mass is 997 g/mol. The van der Waals surface area contributed by atoms with E-state index in [1.807, 2.05) is 0 Å². The second-order valence-corrected chi connectivity index (χ2v) is 21.3. The van der Waals surface area contributed by atoms with Crippen LogP contribution in [0.3, 0.4) is 0 Å². The predicted octanol–water partition coefficient (Wildman–Crippen LogP) is 21.2. The predicted molar refractivity (Wildman–Crippen MR) is 307 cm³/mol. The van der Waals surface area contributed by atoms with Crippen molar-refractivity contribution in [2.45, 2.75) is 348 Å². The number of hydrogen-bond donors (Lipinski definition) is 0. The lowest BCUT2D eigenvalue weighted by Crippen LogP contribution is -2.30. The number of unbranched alkanes of at least 4 members (excludes halogenated alkanes) is 41. The van der Waals surface area contributed by atoms with Crippen molar-refractivity contribution < 1.29 is 28.6 Å². The molecule has 0 radical (unpaired) electrons. The zero-order valence-corrected chi connectivity index (χ0v) is 47.8. The summed E-state index contributed by atoms with van der Waals surface area (Å²) >= 11 is 0. The average Bonchev–Trinajstić information content (AvgIpc) is 3.37. The van der Waals surface area contributed by atoms with Gasteiger partial charge in [-0.05, 0) is 57.8 Å². The highest BCUT2D eigenvalue weighted by molar-refractivity contribution is 5.71. The summed E-state index contributed by atoms with van der Waals surface area (Å²) in [5.74, 6) is -0.872. The highest BCUT2D eigenvalue weighted by Crippen LogP contribution is 2.18. The van der Waals surface area contributed by atoms with E-state index < -0.39 is 6.10 Å². The van der Waals surface area contributed by atoms with Crippen LogP contribution in [-0.2, 0) is 28.6 Å². The van der Waals surface area contributed by atoms with Gasteiger partial charge in [0.05, 0.1) is 0 Å². The van der Waals surface area contributed by atoms with Gasteiger partial charge in [-0.1, -0.05) is 301 Å². The van der Waals surface area contributed by atoms with E-state index in [9.17, 15) is 14.4 Å². The number of carbonyl (C=O) groups is 3. The largest absolute Gasteiger partial charge is 0.462 e. The Balaban J connectivity index is 4.34. The molecule has 1 atom stereocenters. The first-order valence-corrected chi connectivity index (χ1v) is 31.5. The smallest absolute Gasteiger partial charge is 0.306 e. The quantitative estimate of drug-likeness (QED) is 0.0261. The molecule has 0 aromatic rings. The molecule has 0 saturated heterocycles. The maximum absolute atomic E-state index is 12.9. The number of hydrogen-bond acceptors (Lipinski definition) is 6. The fourth-order valence-corrected chi connectivity index (χ4v) is 9.39. The highest BCUT2D eigenvalue weighted by atomic mass is 16.6. The molecular formula is C65H120O6. The minimum atomic E-state index is -0.778. The van der Waals surface area contributed by atoms with Crippen LogP contribution >= 0.6 is 0 Å². The second-order valence-electron chi connectivity index (χ2n) is 21.3. The van der Waals surface area contributed by atoms with Gasteiger partial charge in [0.15, 0.2) is 6.10 Å². The third kappa shape index (κ3) is 58.4. The molecule has 6 nitrogen and oxygen atoms in total. The van der Waals surface area contributed by atoms with E-state index in [2.05, 4.69) is 57.2 Å². The summed E-state index contributed by atoms with van der Waals surface area (Å²) in [4.78, 5) is 38.3. The summed E-state index contributed by atoms with van der Waals surface area (Å²) < 4.78 is 16.9. The van der Waals surface area contributed by atoms with Crippen LogP contribution in [0.4, 0.5) is 0 Å². The zero-order chi connectivity index (χ0) is 51.4. The van der Waals surface area contributed by atoms with Crippen LogP contribution < -0.4 is 0 Å². The molecular weight excluding hydrogens is 877 g/mol.